The molecule has 0 atom stereocenters. The Morgan fingerprint density at radius 2 is 2.00 bits per heavy atom. The third kappa shape index (κ3) is 2.49. The fourth-order valence-electron chi connectivity index (χ4n) is 1.90. The van der Waals surface area contributed by atoms with Gasteiger partial charge in [-0.2, -0.15) is 18.3 Å². The molecule has 0 unspecified atom stereocenters. The van der Waals surface area contributed by atoms with Gasteiger partial charge in [0.25, 0.3) is 0 Å². The zero-order valence-electron chi connectivity index (χ0n) is 10.8. The van der Waals surface area contributed by atoms with Crippen LogP contribution in [0.2, 0.25) is 0 Å². The van der Waals surface area contributed by atoms with Crippen molar-refractivity contribution in [2.75, 3.05) is 0 Å². The number of halogens is 3. The second kappa shape index (κ2) is 4.62. The smallest absolute Gasteiger partial charge is 0.384 e. The third-order valence-electron chi connectivity index (χ3n) is 2.72. The van der Waals surface area contributed by atoms with Gasteiger partial charge in [0.05, 0.1) is 17.3 Å². The number of hydrogen-bond donors (Lipinski definition) is 2. The van der Waals surface area contributed by atoms with Crippen LogP contribution in [0.15, 0.2) is 18.5 Å². The Morgan fingerprint density at radius 3 is 2.50 bits per heavy atom. The van der Waals surface area contributed by atoms with Crippen LogP contribution in [0.3, 0.4) is 0 Å². The van der Waals surface area contributed by atoms with Crippen LogP contribution in [-0.2, 0) is 6.18 Å². The van der Waals surface area contributed by atoms with Crippen LogP contribution in [0, 0.1) is 19.3 Å². The molecule has 2 rings (SSSR count). The largest absolute Gasteiger partial charge is 0.419 e. The summed E-state index contributed by atoms with van der Waals surface area (Å²) in [6.45, 7) is 3.41. The first-order valence-electron chi connectivity index (χ1n) is 5.65. The molecule has 3 N–H and O–H groups in total. The topological polar surface area (TPSA) is 80.6 Å². The van der Waals surface area contributed by atoms with Gasteiger partial charge in [0, 0.05) is 11.9 Å². The van der Waals surface area contributed by atoms with Gasteiger partial charge in [0.2, 0.25) is 0 Å². The number of hydrogen-bond acceptors (Lipinski definition) is 3. The summed E-state index contributed by atoms with van der Waals surface area (Å²) < 4.78 is 38.8. The molecule has 20 heavy (non-hydrogen) atoms. The number of aryl methyl sites for hydroxylation is 2. The molecule has 0 bridgehead atoms. The van der Waals surface area contributed by atoms with E-state index in [9.17, 15) is 13.2 Å². The lowest BCUT2D eigenvalue weighted by Crippen LogP contribution is -2.18. The number of nitrogen functional groups attached to an aromatic ring is 1. The van der Waals surface area contributed by atoms with E-state index in [0.717, 1.165) is 10.9 Å². The molecule has 0 saturated carbocycles. The first-order chi connectivity index (χ1) is 9.20. The summed E-state index contributed by atoms with van der Waals surface area (Å²) in [4.78, 5) is 4.13. The van der Waals surface area contributed by atoms with E-state index in [1.165, 1.54) is 0 Å². The maximum absolute atomic E-state index is 12.6. The van der Waals surface area contributed by atoms with E-state index in [0.29, 0.717) is 17.5 Å². The van der Waals surface area contributed by atoms with Crippen LogP contribution in [0.5, 0.6) is 0 Å². The highest BCUT2D eigenvalue weighted by Gasteiger charge is 2.32. The van der Waals surface area contributed by atoms with Crippen molar-refractivity contribution in [2.24, 2.45) is 5.73 Å². The second-order valence-electron chi connectivity index (χ2n) is 4.36. The summed E-state index contributed by atoms with van der Waals surface area (Å²) in [5.74, 6) is -0.153. The highest BCUT2D eigenvalue weighted by atomic mass is 19.4. The molecule has 2 aromatic rings. The SMILES string of the molecule is Cc1cc(C)c(C(=N)N)c(-n2cc(C(F)(F)F)cn2)n1. The van der Waals surface area contributed by atoms with Crippen molar-refractivity contribution in [3.05, 3.63) is 40.8 Å². The molecule has 0 radical (unpaired) electrons. The average Bonchev–Trinajstić information content (AvgIpc) is 2.75. The minimum absolute atomic E-state index is 0.116. The molecule has 2 aromatic heterocycles. The van der Waals surface area contributed by atoms with Crippen molar-refractivity contribution in [3.63, 3.8) is 0 Å². The van der Waals surface area contributed by atoms with E-state index in [2.05, 4.69) is 10.1 Å². The van der Waals surface area contributed by atoms with Gasteiger partial charge >= 0.3 is 6.18 Å². The van der Waals surface area contributed by atoms with Gasteiger partial charge in [-0.1, -0.05) is 0 Å². The Labute approximate surface area is 112 Å². The van der Waals surface area contributed by atoms with Crippen LogP contribution in [0.4, 0.5) is 13.2 Å². The summed E-state index contributed by atoms with van der Waals surface area (Å²) in [6.07, 6.45) is -2.94. The van der Waals surface area contributed by atoms with Crippen molar-refractivity contribution >= 4 is 5.84 Å². The summed E-state index contributed by atoms with van der Waals surface area (Å²) in [6, 6.07) is 1.70. The summed E-state index contributed by atoms with van der Waals surface area (Å²) in [7, 11) is 0. The maximum Gasteiger partial charge on any atom is 0.419 e. The fourth-order valence-corrected chi connectivity index (χ4v) is 1.90. The van der Waals surface area contributed by atoms with E-state index in [1.54, 1.807) is 19.9 Å². The number of nitrogens with two attached hydrogens (primary N) is 1. The molecule has 106 valence electrons. The molecule has 0 aliphatic carbocycles. The average molecular weight is 283 g/mol. The van der Waals surface area contributed by atoms with Crippen molar-refractivity contribution in [1.29, 1.82) is 5.41 Å². The number of rotatable bonds is 2. The molecule has 0 aliphatic rings. The van der Waals surface area contributed by atoms with Crippen LogP contribution in [0.1, 0.15) is 22.4 Å². The van der Waals surface area contributed by atoms with Gasteiger partial charge < -0.3 is 5.73 Å². The molecule has 5 nitrogen and oxygen atoms in total. The van der Waals surface area contributed by atoms with E-state index >= 15 is 0 Å². The zero-order chi connectivity index (χ0) is 15.1. The molecule has 0 fully saturated rings. The molecule has 2 heterocycles. The van der Waals surface area contributed by atoms with Crippen LogP contribution < -0.4 is 5.73 Å². The lowest BCUT2D eigenvalue weighted by atomic mass is 10.1. The van der Waals surface area contributed by atoms with Gasteiger partial charge in [-0.25, -0.2) is 9.67 Å². The zero-order valence-corrected chi connectivity index (χ0v) is 10.8. The molecule has 0 aromatic carbocycles. The Bertz CT molecular complexity index is 672. The van der Waals surface area contributed by atoms with E-state index < -0.39 is 11.7 Å². The van der Waals surface area contributed by atoms with Gasteiger partial charge in [0.15, 0.2) is 5.82 Å². The molecule has 0 amide bonds. The monoisotopic (exact) mass is 283 g/mol. The first-order valence-corrected chi connectivity index (χ1v) is 5.65. The Hall–Kier alpha value is -2.38. The molecule has 0 saturated heterocycles. The number of alkyl halides is 3. The highest BCUT2D eigenvalue weighted by molar-refractivity contribution is 5.99. The summed E-state index contributed by atoms with van der Waals surface area (Å²) >= 11 is 0. The Kier molecular flexibility index (Phi) is 3.24. The molecular formula is C12H12F3N5. The Morgan fingerprint density at radius 1 is 1.35 bits per heavy atom. The predicted octanol–water partition coefficient (Wildman–Crippen LogP) is 2.19. The molecule has 8 heteroatoms. The number of aromatic nitrogens is 3. The van der Waals surface area contributed by atoms with Crippen molar-refractivity contribution in [1.82, 2.24) is 14.8 Å². The fraction of sp³-hybridized carbons (Fsp3) is 0.250. The number of nitrogens with zero attached hydrogens (tertiary/aromatic N) is 3. The predicted molar refractivity (Wildman–Crippen MR) is 66.9 cm³/mol. The van der Waals surface area contributed by atoms with E-state index in [1.807, 2.05) is 0 Å². The maximum atomic E-state index is 12.6. The Balaban J connectivity index is 2.63. The second-order valence-corrected chi connectivity index (χ2v) is 4.36. The lowest BCUT2D eigenvalue weighted by molar-refractivity contribution is -0.137. The highest BCUT2D eigenvalue weighted by Crippen LogP contribution is 2.29. The van der Waals surface area contributed by atoms with Gasteiger partial charge in [-0.05, 0) is 25.5 Å². The van der Waals surface area contributed by atoms with Crippen LogP contribution >= 0.6 is 0 Å². The third-order valence-corrected chi connectivity index (χ3v) is 2.72. The molecule has 0 aliphatic heterocycles. The van der Waals surface area contributed by atoms with Gasteiger partial charge in [-0.15, -0.1) is 0 Å². The van der Waals surface area contributed by atoms with E-state index in [4.69, 9.17) is 11.1 Å². The van der Waals surface area contributed by atoms with E-state index in [-0.39, 0.29) is 17.2 Å². The van der Waals surface area contributed by atoms with Crippen molar-refractivity contribution < 1.29 is 13.2 Å². The van der Waals surface area contributed by atoms with Gasteiger partial charge in [0.1, 0.15) is 5.84 Å². The van der Waals surface area contributed by atoms with Crippen molar-refractivity contribution in [3.8, 4) is 5.82 Å². The lowest BCUT2D eigenvalue weighted by Gasteiger charge is -2.11. The first kappa shape index (κ1) is 14.0. The number of amidine groups is 1. The number of nitrogens with one attached hydrogen (secondary N) is 1. The molecule has 0 spiro atoms. The molecular weight excluding hydrogens is 271 g/mol. The minimum atomic E-state index is -4.48. The van der Waals surface area contributed by atoms with Crippen LogP contribution in [-0.4, -0.2) is 20.6 Å². The quantitative estimate of drug-likeness (QED) is 0.655. The minimum Gasteiger partial charge on any atom is -0.384 e. The summed E-state index contributed by atoms with van der Waals surface area (Å²) in [5, 5.41) is 11.2. The van der Waals surface area contributed by atoms with Crippen LogP contribution in [0.25, 0.3) is 5.82 Å². The van der Waals surface area contributed by atoms with Gasteiger partial charge in [-0.3, -0.25) is 5.41 Å². The standard InChI is InChI=1S/C12H12F3N5/c1-6-3-7(2)19-11(9(6)10(16)17)20-5-8(4-18-20)12(13,14)15/h3-5H,1-2H3,(H3,16,17). The van der Waals surface area contributed by atoms with Crippen molar-refractivity contribution in [2.45, 2.75) is 20.0 Å². The number of pyridine rings is 1. The normalized spacial score (nSPS) is 11.7. The summed E-state index contributed by atoms with van der Waals surface area (Å²) in [5.41, 5.74) is 6.12.